The van der Waals surface area contributed by atoms with Crippen molar-refractivity contribution in [1.82, 2.24) is 4.90 Å². The molecule has 0 unspecified atom stereocenters. The van der Waals surface area contributed by atoms with Crippen molar-refractivity contribution in [3.05, 3.63) is 35.4 Å². The summed E-state index contributed by atoms with van der Waals surface area (Å²) in [6.45, 7) is 2.33. The van der Waals surface area contributed by atoms with Crippen LogP contribution in [-0.4, -0.2) is 25.5 Å². The van der Waals surface area contributed by atoms with E-state index in [4.69, 9.17) is 0 Å². The van der Waals surface area contributed by atoms with Crippen LogP contribution in [0.4, 0.5) is 0 Å². The lowest BCUT2D eigenvalue weighted by Gasteiger charge is -2.24. The maximum atomic E-state index is 4.50. The molecule has 0 saturated carbocycles. The van der Waals surface area contributed by atoms with Gasteiger partial charge in [0.25, 0.3) is 0 Å². The molecular formula is C11H18N2. The minimum Gasteiger partial charge on any atom is -0.333 e. The lowest BCUT2D eigenvalue weighted by Crippen LogP contribution is -2.26. The maximum Gasteiger partial charge on any atom is 0.0233 e. The molecule has 2 rings (SSSR count). The Morgan fingerprint density at radius 3 is 2.46 bits per heavy atom. The molecule has 0 aliphatic carbocycles. The normalized spacial score (nSPS) is 15.6. The third kappa shape index (κ3) is 2.54. The molecule has 0 bridgehead atoms. The molecule has 1 aliphatic rings. The van der Waals surface area contributed by atoms with Gasteiger partial charge in [0.1, 0.15) is 0 Å². The van der Waals surface area contributed by atoms with Crippen LogP contribution in [0.1, 0.15) is 11.1 Å². The third-order valence-corrected chi connectivity index (χ3v) is 2.32. The van der Waals surface area contributed by atoms with Gasteiger partial charge in [0.05, 0.1) is 0 Å². The molecule has 0 atom stereocenters. The summed E-state index contributed by atoms with van der Waals surface area (Å²) in [5.41, 5.74) is 7.53. The fraction of sp³-hybridized carbons (Fsp3) is 0.455. The zero-order valence-corrected chi connectivity index (χ0v) is 8.46. The second-order valence-electron chi connectivity index (χ2n) is 3.26. The number of benzene rings is 1. The molecule has 2 nitrogen and oxygen atoms in total. The number of hydrogen-bond donors (Lipinski definition) is 1. The van der Waals surface area contributed by atoms with Crippen LogP contribution in [0.2, 0.25) is 0 Å². The van der Waals surface area contributed by atoms with E-state index in [2.05, 4.69) is 41.9 Å². The van der Waals surface area contributed by atoms with Gasteiger partial charge < -0.3 is 10.6 Å². The quantitative estimate of drug-likeness (QED) is 0.648. The molecule has 0 amide bonds. The van der Waals surface area contributed by atoms with Gasteiger partial charge in [0, 0.05) is 13.1 Å². The molecule has 0 radical (unpaired) electrons. The molecule has 1 aromatic rings. The zero-order chi connectivity index (χ0) is 9.68. The Hall–Kier alpha value is -0.860. The van der Waals surface area contributed by atoms with E-state index in [9.17, 15) is 0 Å². The highest BCUT2D eigenvalue weighted by molar-refractivity contribution is 5.28. The maximum absolute atomic E-state index is 4.50. The summed E-state index contributed by atoms with van der Waals surface area (Å²) in [6, 6.07) is 8.72. The molecule has 1 heterocycles. The van der Waals surface area contributed by atoms with Crippen molar-refractivity contribution in [2.75, 3.05) is 20.6 Å². The van der Waals surface area contributed by atoms with Crippen LogP contribution >= 0.6 is 0 Å². The molecule has 0 spiro atoms. The predicted octanol–water partition coefficient (Wildman–Crippen LogP) is 1.25. The van der Waals surface area contributed by atoms with E-state index in [0.717, 1.165) is 6.54 Å². The van der Waals surface area contributed by atoms with E-state index in [1.54, 1.807) is 0 Å². The number of nitrogens with zero attached hydrogens (tertiary/aromatic N) is 1. The van der Waals surface area contributed by atoms with E-state index in [1.165, 1.54) is 31.1 Å². The highest BCUT2D eigenvalue weighted by Gasteiger charge is 2.10. The van der Waals surface area contributed by atoms with Gasteiger partial charge in [-0.15, -0.1) is 0 Å². The van der Waals surface area contributed by atoms with Crippen LogP contribution < -0.4 is 5.73 Å². The second kappa shape index (κ2) is 5.00. The van der Waals surface area contributed by atoms with Gasteiger partial charge in [-0.2, -0.15) is 0 Å². The average molecular weight is 178 g/mol. The standard InChI is InChI=1S/C10H13N.CH5N/c1-11-7-6-9-4-2-3-5-10(9)8-11;1-2/h2-5H,6-8H2,1H3;2H2,1H3. The smallest absolute Gasteiger partial charge is 0.0233 e. The highest BCUT2D eigenvalue weighted by Crippen LogP contribution is 2.16. The van der Waals surface area contributed by atoms with Gasteiger partial charge in [-0.05, 0) is 31.6 Å². The first-order valence-electron chi connectivity index (χ1n) is 4.69. The fourth-order valence-corrected chi connectivity index (χ4v) is 1.64. The van der Waals surface area contributed by atoms with E-state index in [0.29, 0.717) is 0 Å². The van der Waals surface area contributed by atoms with Crippen LogP contribution in [0.5, 0.6) is 0 Å². The van der Waals surface area contributed by atoms with Crippen LogP contribution in [0.15, 0.2) is 24.3 Å². The van der Waals surface area contributed by atoms with Gasteiger partial charge in [0.15, 0.2) is 0 Å². The Balaban J connectivity index is 0.000000396. The topological polar surface area (TPSA) is 29.3 Å². The number of nitrogens with two attached hydrogens (primary N) is 1. The van der Waals surface area contributed by atoms with E-state index in [1.807, 2.05) is 0 Å². The first-order valence-corrected chi connectivity index (χ1v) is 4.69. The Morgan fingerprint density at radius 2 is 1.77 bits per heavy atom. The number of rotatable bonds is 0. The molecule has 0 aromatic heterocycles. The third-order valence-electron chi connectivity index (χ3n) is 2.32. The van der Waals surface area contributed by atoms with E-state index < -0.39 is 0 Å². The van der Waals surface area contributed by atoms with Gasteiger partial charge in [-0.3, -0.25) is 0 Å². The van der Waals surface area contributed by atoms with Crippen molar-refractivity contribution < 1.29 is 0 Å². The summed E-state index contributed by atoms with van der Waals surface area (Å²) in [5, 5.41) is 0. The van der Waals surface area contributed by atoms with E-state index in [-0.39, 0.29) is 0 Å². The predicted molar refractivity (Wildman–Crippen MR) is 56.6 cm³/mol. The SMILES string of the molecule is CN.CN1CCc2ccccc2C1. The van der Waals surface area contributed by atoms with Crippen molar-refractivity contribution in [3.63, 3.8) is 0 Å². The molecular weight excluding hydrogens is 160 g/mol. The summed E-state index contributed by atoms with van der Waals surface area (Å²) < 4.78 is 0. The van der Waals surface area contributed by atoms with Gasteiger partial charge >= 0.3 is 0 Å². The van der Waals surface area contributed by atoms with Crippen LogP contribution in [0, 0.1) is 0 Å². The Kier molecular flexibility index (Phi) is 3.93. The second-order valence-corrected chi connectivity index (χ2v) is 3.26. The molecule has 0 fully saturated rings. The summed E-state index contributed by atoms with van der Waals surface area (Å²) in [4.78, 5) is 2.36. The Bertz CT molecular complexity index is 258. The van der Waals surface area contributed by atoms with Crippen molar-refractivity contribution in [2.24, 2.45) is 5.73 Å². The molecule has 2 N–H and O–H groups in total. The molecule has 1 aromatic carbocycles. The minimum absolute atomic E-state index is 1.12. The highest BCUT2D eigenvalue weighted by atomic mass is 15.1. The first-order chi connectivity index (χ1) is 6.36. The van der Waals surface area contributed by atoms with Gasteiger partial charge in [0.2, 0.25) is 0 Å². The average Bonchev–Trinajstić information content (AvgIpc) is 2.21. The lowest BCUT2D eigenvalue weighted by molar-refractivity contribution is 0.313. The van der Waals surface area contributed by atoms with E-state index >= 15 is 0 Å². The van der Waals surface area contributed by atoms with Crippen molar-refractivity contribution in [1.29, 1.82) is 0 Å². The summed E-state index contributed by atoms with van der Waals surface area (Å²) >= 11 is 0. The molecule has 2 heteroatoms. The van der Waals surface area contributed by atoms with Crippen molar-refractivity contribution in [3.8, 4) is 0 Å². The first kappa shape index (κ1) is 10.2. The Labute approximate surface area is 80.4 Å². The van der Waals surface area contributed by atoms with Crippen LogP contribution in [0.3, 0.4) is 0 Å². The largest absolute Gasteiger partial charge is 0.333 e. The molecule has 72 valence electrons. The zero-order valence-electron chi connectivity index (χ0n) is 8.46. The number of likely N-dealkylation sites (N-methyl/N-ethyl adjacent to an activating group) is 1. The minimum atomic E-state index is 1.12. The fourth-order valence-electron chi connectivity index (χ4n) is 1.64. The number of fused-ring (bicyclic) bond motifs is 1. The molecule has 13 heavy (non-hydrogen) atoms. The van der Waals surface area contributed by atoms with Gasteiger partial charge in [-0.1, -0.05) is 24.3 Å². The summed E-state index contributed by atoms with van der Waals surface area (Å²) in [6.07, 6.45) is 1.21. The molecule has 1 aliphatic heterocycles. The van der Waals surface area contributed by atoms with Gasteiger partial charge in [-0.25, -0.2) is 0 Å². The monoisotopic (exact) mass is 178 g/mol. The summed E-state index contributed by atoms with van der Waals surface area (Å²) in [7, 11) is 3.68. The molecule has 0 saturated heterocycles. The van der Waals surface area contributed by atoms with Crippen LogP contribution in [0.25, 0.3) is 0 Å². The van der Waals surface area contributed by atoms with Crippen LogP contribution in [-0.2, 0) is 13.0 Å². The number of hydrogen-bond acceptors (Lipinski definition) is 2. The van der Waals surface area contributed by atoms with Crippen molar-refractivity contribution in [2.45, 2.75) is 13.0 Å². The lowest BCUT2D eigenvalue weighted by atomic mass is 10.0. The summed E-state index contributed by atoms with van der Waals surface area (Å²) in [5.74, 6) is 0. The Morgan fingerprint density at radius 1 is 1.15 bits per heavy atom. The van der Waals surface area contributed by atoms with Crippen molar-refractivity contribution >= 4 is 0 Å².